The Hall–Kier alpha value is -3.28. The molecule has 228 valence electrons. The van der Waals surface area contributed by atoms with Crippen molar-refractivity contribution in [2.75, 3.05) is 21.3 Å². The van der Waals surface area contributed by atoms with Gasteiger partial charge < -0.3 is 35.1 Å². The van der Waals surface area contributed by atoms with Crippen LogP contribution >= 0.6 is 0 Å². The van der Waals surface area contributed by atoms with Gasteiger partial charge in [-0.1, -0.05) is 32.1 Å². The molecule has 2 amide bonds. The molecule has 11 nitrogen and oxygen atoms in total. The molecule has 0 unspecified atom stereocenters. The summed E-state index contributed by atoms with van der Waals surface area (Å²) in [6, 6.07) is 0. The van der Waals surface area contributed by atoms with Crippen LogP contribution in [0.2, 0.25) is 0 Å². The molecule has 11 heteroatoms. The number of Topliss-reactive ketones (excluding diaryl/α,β-unsaturated/α-hetero) is 1. The Bertz CT molecular complexity index is 1090. The number of fused-ring (bicyclic) bond motifs is 2. The quantitative estimate of drug-likeness (QED) is 0.337. The summed E-state index contributed by atoms with van der Waals surface area (Å²) in [6.45, 7) is 5.58. The monoisotopic (exact) mass is 576 g/mol. The summed E-state index contributed by atoms with van der Waals surface area (Å²) in [7, 11) is 4.43. The molecule has 2 rings (SSSR count). The summed E-state index contributed by atoms with van der Waals surface area (Å²) in [5, 5.41) is 13.8. The Morgan fingerprint density at radius 2 is 1.76 bits per heavy atom. The summed E-state index contributed by atoms with van der Waals surface area (Å²) >= 11 is 0. The van der Waals surface area contributed by atoms with Crippen LogP contribution in [0.25, 0.3) is 0 Å². The van der Waals surface area contributed by atoms with E-state index < -0.39 is 48.0 Å². The number of carbonyl (C=O) groups excluding carboxylic acids is 4. The van der Waals surface area contributed by atoms with Gasteiger partial charge in [0.1, 0.15) is 12.2 Å². The molecule has 0 aromatic heterocycles. The zero-order valence-electron chi connectivity index (χ0n) is 24.8. The predicted octanol–water partition coefficient (Wildman–Crippen LogP) is 3.02. The van der Waals surface area contributed by atoms with Crippen molar-refractivity contribution in [2.24, 2.45) is 17.6 Å². The van der Waals surface area contributed by atoms with Gasteiger partial charge in [0.25, 0.3) is 5.91 Å². The van der Waals surface area contributed by atoms with Gasteiger partial charge in [-0.15, -0.1) is 0 Å². The maximum atomic E-state index is 12.7. The summed E-state index contributed by atoms with van der Waals surface area (Å²) < 4.78 is 22.1. The molecule has 1 aliphatic carbocycles. The predicted molar refractivity (Wildman–Crippen MR) is 151 cm³/mol. The Morgan fingerprint density at radius 3 is 2.37 bits per heavy atom. The third-order valence-electron chi connectivity index (χ3n) is 7.39. The van der Waals surface area contributed by atoms with Gasteiger partial charge in [-0.25, -0.2) is 4.79 Å². The molecular weight excluding hydrogens is 532 g/mol. The highest BCUT2D eigenvalue weighted by Gasteiger charge is 2.31. The average molecular weight is 577 g/mol. The van der Waals surface area contributed by atoms with E-state index in [1.54, 1.807) is 19.1 Å². The first kappa shape index (κ1) is 33.9. The number of ketones is 2. The van der Waals surface area contributed by atoms with E-state index in [0.29, 0.717) is 42.5 Å². The van der Waals surface area contributed by atoms with Crippen molar-refractivity contribution in [3.8, 4) is 0 Å². The molecule has 41 heavy (non-hydrogen) atoms. The van der Waals surface area contributed by atoms with Crippen molar-refractivity contribution < 1.29 is 43.2 Å². The summed E-state index contributed by atoms with van der Waals surface area (Å²) in [5.41, 5.74) is 6.99. The Morgan fingerprint density at radius 1 is 1.07 bits per heavy atom. The van der Waals surface area contributed by atoms with Gasteiger partial charge in [-0.2, -0.15) is 0 Å². The van der Waals surface area contributed by atoms with Crippen LogP contribution in [-0.2, 0) is 33.3 Å². The minimum Gasteiger partial charge on any atom is -0.493 e. The highest BCUT2D eigenvalue weighted by molar-refractivity contribution is 6.37. The minimum absolute atomic E-state index is 0.0486. The van der Waals surface area contributed by atoms with Crippen LogP contribution in [0.1, 0.15) is 59.3 Å². The minimum atomic E-state index is -0.957. The van der Waals surface area contributed by atoms with E-state index in [0.717, 1.165) is 0 Å². The van der Waals surface area contributed by atoms with E-state index in [2.05, 4.69) is 5.32 Å². The van der Waals surface area contributed by atoms with E-state index in [-0.39, 0.29) is 30.4 Å². The third kappa shape index (κ3) is 9.94. The van der Waals surface area contributed by atoms with E-state index in [1.165, 1.54) is 27.4 Å². The zero-order chi connectivity index (χ0) is 30.7. The van der Waals surface area contributed by atoms with Crippen LogP contribution < -0.4 is 11.1 Å². The van der Waals surface area contributed by atoms with Crippen LogP contribution in [0.4, 0.5) is 4.79 Å². The maximum Gasteiger partial charge on any atom is 0.404 e. The smallest absolute Gasteiger partial charge is 0.404 e. The second-order valence-corrected chi connectivity index (χ2v) is 10.7. The SMILES string of the molecule is COC1=C2CC(=CC1=O)NC(=O)C(=O)CC=CCC[C@H](OC)[C@@H](OC(N)=O)[C@H](C)/C=C(\C)[C@@H](O)[C@@H](OC)C[C@H](C)C2. The third-order valence-corrected chi connectivity index (χ3v) is 7.39. The lowest BCUT2D eigenvalue weighted by Gasteiger charge is -2.30. The van der Waals surface area contributed by atoms with E-state index in [4.69, 9.17) is 24.7 Å². The number of nitrogens with one attached hydrogen (secondary N) is 1. The first-order valence-corrected chi connectivity index (χ1v) is 13.8. The molecule has 1 aliphatic heterocycles. The lowest BCUT2D eigenvalue weighted by molar-refractivity contribution is -0.137. The number of aliphatic hydroxyl groups is 1. The fourth-order valence-electron chi connectivity index (χ4n) is 5.35. The number of carbonyl (C=O) groups is 4. The molecule has 2 aliphatic rings. The first-order chi connectivity index (χ1) is 19.4. The topological polar surface area (TPSA) is 163 Å². The van der Waals surface area contributed by atoms with Gasteiger partial charge in [0.15, 0.2) is 5.76 Å². The number of rotatable bonds is 4. The summed E-state index contributed by atoms with van der Waals surface area (Å²) in [6.07, 6.45) is 4.61. The Kier molecular flexibility index (Phi) is 13.4. The van der Waals surface area contributed by atoms with Crippen molar-refractivity contribution in [3.05, 3.63) is 46.9 Å². The maximum absolute atomic E-state index is 12.7. The average Bonchev–Trinajstić information content (AvgIpc) is 2.91. The number of nitrogens with two attached hydrogens (primary N) is 1. The molecule has 0 aromatic rings. The van der Waals surface area contributed by atoms with E-state index >= 15 is 0 Å². The lowest BCUT2D eigenvalue weighted by atomic mass is 9.86. The number of hydrogen-bond donors (Lipinski definition) is 3. The van der Waals surface area contributed by atoms with Gasteiger partial charge >= 0.3 is 6.09 Å². The molecule has 0 saturated heterocycles. The number of allylic oxidation sites excluding steroid dienone is 4. The first-order valence-electron chi connectivity index (χ1n) is 13.8. The van der Waals surface area contributed by atoms with Crippen molar-refractivity contribution >= 4 is 23.6 Å². The molecule has 6 atom stereocenters. The molecule has 1 heterocycles. The van der Waals surface area contributed by atoms with Crippen LogP contribution in [0, 0.1) is 11.8 Å². The standard InChI is InChI=1S/C30H44N2O9/c1-17-12-20-15-21(16-23(34)28(20)40-6)32-29(36)22(33)10-8-7-9-11-24(38-4)27(41-30(31)37)19(3)14-18(2)26(35)25(13-17)39-5/h7-8,14,16-17,19,24-27,35H,9-13,15H2,1-6H3,(H2,31,37)(H,32,36)/b8-7?,18-14+/t17-,19-,24+,25+,26-,27+/m1/s1. The fourth-order valence-corrected chi connectivity index (χ4v) is 5.35. The number of primary amides is 1. The highest BCUT2D eigenvalue weighted by atomic mass is 16.6. The molecule has 0 spiro atoms. The van der Waals surface area contributed by atoms with E-state index in [9.17, 15) is 24.3 Å². The summed E-state index contributed by atoms with van der Waals surface area (Å²) in [4.78, 5) is 49.5. The molecule has 0 radical (unpaired) electrons. The molecule has 0 aromatic carbocycles. The normalized spacial score (nSPS) is 30.9. The van der Waals surface area contributed by atoms with Gasteiger partial charge in [0.2, 0.25) is 11.6 Å². The van der Waals surface area contributed by atoms with Crippen LogP contribution in [0.15, 0.2) is 46.9 Å². The number of aliphatic hydroxyl groups excluding tert-OH is 1. The van der Waals surface area contributed by atoms with Gasteiger partial charge in [0.05, 0.1) is 19.3 Å². The van der Waals surface area contributed by atoms with Gasteiger partial charge in [0, 0.05) is 44.8 Å². The largest absolute Gasteiger partial charge is 0.493 e. The van der Waals surface area contributed by atoms with Crippen LogP contribution in [0.5, 0.6) is 0 Å². The van der Waals surface area contributed by atoms with Crippen molar-refractivity contribution in [3.63, 3.8) is 0 Å². The second kappa shape index (κ2) is 16.2. The lowest BCUT2D eigenvalue weighted by Crippen LogP contribution is -2.39. The second-order valence-electron chi connectivity index (χ2n) is 10.7. The molecule has 0 saturated carbocycles. The zero-order valence-corrected chi connectivity index (χ0v) is 24.8. The van der Waals surface area contributed by atoms with Crippen molar-refractivity contribution in [1.82, 2.24) is 5.32 Å². The highest BCUT2D eigenvalue weighted by Crippen LogP contribution is 2.31. The number of ether oxygens (including phenoxy) is 4. The van der Waals surface area contributed by atoms with Gasteiger partial charge in [-0.3, -0.25) is 14.4 Å². The van der Waals surface area contributed by atoms with Crippen molar-refractivity contribution in [1.29, 1.82) is 0 Å². The molecule has 0 fully saturated rings. The molecule has 4 N–H and O–H groups in total. The summed E-state index contributed by atoms with van der Waals surface area (Å²) in [5.74, 6) is -2.06. The van der Waals surface area contributed by atoms with E-state index in [1.807, 2.05) is 19.9 Å². The molecule has 2 bridgehead atoms. The number of hydrogen-bond acceptors (Lipinski definition) is 9. The Balaban J connectivity index is 2.43. The molecular formula is C30H44N2O9. The van der Waals surface area contributed by atoms with Crippen LogP contribution in [0.3, 0.4) is 0 Å². The van der Waals surface area contributed by atoms with Crippen molar-refractivity contribution in [2.45, 2.75) is 83.7 Å². The Labute approximate surface area is 241 Å². The van der Waals surface area contributed by atoms with Gasteiger partial charge in [-0.05, 0) is 49.7 Å². The number of methoxy groups -OCH3 is 3. The van der Waals surface area contributed by atoms with Crippen LogP contribution in [-0.4, -0.2) is 74.4 Å². The number of amides is 2. The fraction of sp³-hybridized carbons (Fsp3) is 0.600.